The Bertz CT molecular complexity index is 420. The van der Waals surface area contributed by atoms with Gasteiger partial charge in [0.25, 0.3) is 0 Å². The van der Waals surface area contributed by atoms with E-state index in [1.807, 2.05) is 0 Å². The third-order valence-corrected chi connectivity index (χ3v) is 2.99. The van der Waals surface area contributed by atoms with Crippen molar-refractivity contribution in [3.05, 3.63) is 23.7 Å². The van der Waals surface area contributed by atoms with Crippen molar-refractivity contribution in [3.8, 4) is 0 Å². The normalized spacial score (nSPS) is 23.6. The summed E-state index contributed by atoms with van der Waals surface area (Å²) < 4.78 is 10.4. The zero-order valence-corrected chi connectivity index (χ0v) is 10.2. The lowest BCUT2D eigenvalue weighted by molar-refractivity contribution is -0.0113. The molecule has 6 heteroatoms. The number of aromatic carboxylic acids is 1. The topological polar surface area (TPSA) is 91.9 Å². The van der Waals surface area contributed by atoms with Gasteiger partial charge in [0.15, 0.2) is 0 Å². The Morgan fingerprint density at radius 3 is 2.94 bits per heavy atom. The molecule has 6 nitrogen and oxygen atoms in total. The predicted molar refractivity (Wildman–Crippen MR) is 62.5 cm³/mol. The van der Waals surface area contributed by atoms with Gasteiger partial charge in [-0.3, -0.25) is 0 Å². The third-order valence-electron chi connectivity index (χ3n) is 2.99. The molecule has 0 aromatic carbocycles. The Morgan fingerprint density at radius 2 is 2.39 bits per heavy atom. The Morgan fingerprint density at radius 1 is 1.61 bits per heavy atom. The molecule has 0 radical (unpaired) electrons. The van der Waals surface area contributed by atoms with Gasteiger partial charge in [0.05, 0.1) is 13.2 Å². The summed E-state index contributed by atoms with van der Waals surface area (Å²) in [6.45, 7) is 3.55. The minimum Gasteiger partial charge on any atom is -0.475 e. The van der Waals surface area contributed by atoms with E-state index in [1.54, 1.807) is 6.92 Å². The van der Waals surface area contributed by atoms with E-state index in [9.17, 15) is 9.90 Å². The van der Waals surface area contributed by atoms with Crippen molar-refractivity contribution in [2.45, 2.75) is 25.0 Å². The number of hydrogen-bond acceptors (Lipinski definition) is 5. The van der Waals surface area contributed by atoms with E-state index in [2.05, 4.69) is 5.32 Å². The van der Waals surface area contributed by atoms with E-state index in [1.165, 1.54) is 12.1 Å². The van der Waals surface area contributed by atoms with Crippen LogP contribution in [0.1, 0.15) is 29.7 Å². The molecule has 0 bridgehead atoms. The lowest BCUT2D eigenvalue weighted by atomic mass is 9.94. The van der Waals surface area contributed by atoms with Gasteiger partial charge in [0.2, 0.25) is 5.76 Å². The van der Waals surface area contributed by atoms with E-state index < -0.39 is 11.6 Å². The molecule has 0 amide bonds. The minimum atomic E-state index is -1.22. The molecule has 1 fully saturated rings. The fourth-order valence-electron chi connectivity index (χ4n) is 2.07. The van der Waals surface area contributed by atoms with E-state index in [-0.39, 0.29) is 17.6 Å². The summed E-state index contributed by atoms with van der Waals surface area (Å²) in [7, 11) is 0. The highest BCUT2D eigenvalue weighted by molar-refractivity contribution is 5.84. The van der Waals surface area contributed by atoms with Crippen LogP contribution in [-0.2, 0) is 10.3 Å². The van der Waals surface area contributed by atoms with Crippen LogP contribution in [0.4, 0.5) is 0 Å². The molecule has 1 aliphatic heterocycles. The summed E-state index contributed by atoms with van der Waals surface area (Å²) in [5, 5.41) is 22.4. The molecule has 1 aliphatic rings. The lowest BCUT2D eigenvalue weighted by Crippen LogP contribution is -2.45. The number of aliphatic hydroxyl groups is 1. The largest absolute Gasteiger partial charge is 0.475 e. The number of ether oxygens (including phenoxy) is 1. The fraction of sp³-hybridized carbons (Fsp3) is 0.583. The lowest BCUT2D eigenvalue weighted by Gasteiger charge is -2.30. The first-order chi connectivity index (χ1) is 8.49. The van der Waals surface area contributed by atoms with Crippen molar-refractivity contribution in [1.29, 1.82) is 0 Å². The predicted octanol–water partition coefficient (Wildman–Crippen LogP) is 0.564. The number of furan rings is 1. The number of carboxylic acids is 1. The van der Waals surface area contributed by atoms with Crippen molar-refractivity contribution < 1.29 is 24.2 Å². The quantitative estimate of drug-likeness (QED) is 0.728. The molecule has 1 aromatic rings. The van der Waals surface area contributed by atoms with E-state index in [0.29, 0.717) is 19.6 Å². The van der Waals surface area contributed by atoms with Gasteiger partial charge in [0.1, 0.15) is 11.4 Å². The second kappa shape index (κ2) is 5.09. The van der Waals surface area contributed by atoms with Crippen LogP contribution in [0.25, 0.3) is 0 Å². The summed E-state index contributed by atoms with van der Waals surface area (Å²) in [6.07, 6.45) is 0.402. The molecule has 100 valence electrons. The first-order valence-electron chi connectivity index (χ1n) is 5.86. The van der Waals surface area contributed by atoms with Crippen LogP contribution in [0.5, 0.6) is 0 Å². The molecule has 1 aromatic heterocycles. The smallest absolute Gasteiger partial charge is 0.371 e. The maximum atomic E-state index is 10.7. The highest BCUT2D eigenvalue weighted by Crippen LogP contribution is 2.28. The molecule has 2 atom stereocenters. The van der Waals surface area contributed by atoms with Crippen molar-refractivity contribution in [3.63, 3.8) is 0 Å². The zero-order chi connectivity index (χ0) is 13.2. The average Bonchev–Trinajstić information content (AvgIpc) is 2.79. The molecule has 0 aliphatic carbocycles. The van der Waals surface area contributed by atoms with Crippen molar-refractivity contribution in [2.75, 3.05) is 19.8 Å². The number of nitrogens with one attached hydrogen (secondary N) is 1. The summed E-state index contributed by atoms with van der Waals surface area (Å²) in [6, 6.07) is 2.87. The van der Waals surface area contributed by atoms with E-state index >= 15 is 0 Å². The van der Waals surface area contributed by atoms with Crippen LogP contribution in [0.15, 0.2) is 16.5 Å². The van der Waals surface area contributed by atoms with Gasteiger partial charge < -0.3 is 24.7 Å². The average molecular weight is 255 g/mol. The number of morpholine rings is 1. The van der Waals surface area contributed by atoms with E-state index in [4.69, 9.17) is 14.3 Å². The minimum absolute atomic E-state index is 0.0344. The van der Waals surface area contributed by atoms with Gasteiger partial charge in [-0.1, -0.05) is 0 Å². The molecule has 18 heavy (non-hydrogen) atoms. The molecule has 1 saturated heterocycles. The standard InChI is InChI=1S/C12H17NO5/c1-12(16,6-8-7-17-5-4-13-8)10-3-2-9(18-10)11(14)15/h2-3,8,13,16H,4-7H2,1H3,(H,14,15). The van der Waals surface area contributed by atoms with Crippen LogP contribution >= 0.6 is 0 Å². The van der Waals surface area contributed by atoms with Gasteiger partial charge in [-0.15, -0.1) is 0 Å². The van der Waals surface area contributed by atoms with Crippen LogP contribution < -0.4 is 5.32 Å². The van der Waals surface area contributed by atoms with Crippen LogP contribution in [0, 0.1) is 0 Å². The number of rotatable bonds is 4. The highest BCUT2D eigenvalue weighted by Gasteiger charge is 2.32. The SMILES string of the molecule is CC(O)(CC1COCCN1)c1ccc(C(=O)O)o1. The van der Waals surface area contributed by atoms with Crippen molar-refractivity contribution >= 4 is 5.97 Å². The first-order valence-corrected chi connectivity index (χ1v) is 5.86. The maximum absolute atomic E-state index is 10.7. The zero-order valence-electron chi connectivity index (χ0n) is 10.2. The second-order valence-electron chi connectivity index (χ2n) is 4.67. The number of hydrogen-bond donors (Lipinski definition) is 3. The third kappa shape index (κ3) is 2.90. The van der Waals surface area contributed by atoms with Crippen LogP contribution in [-0.4, -0.2) is 42.0 Å². The molecule has 2 unspecified atom stereocenters. The number of carbonyl (C=O) groups is 1. The van der Waals surface area contributed by atoms with Crippen LogP contribution in [0.2, 0.25) is 0 Å². The van der Waals surface area contributed by atoms with E-state index in [0.717, 1.165) is 6.54 Å². The van der Waals surface area contributed by atoms with Crippen molar-refractivity contribution in [2.24, 2.45) is 0 Å². The Balaban J connectivity index is 2.06. The summed E-state index contributed by atoms with van der Waals surface area (Å²) in [5.41, 5.74) is -1.22. The molecular formula is C12H17NO5. The Hall–Kier alpha value is -1.37. The first kappa shape index (κ1) is 13.1. The molecule has 3 N–H and O–H groups in total. The molecular weight excluding hydrogens is 238 g/mol. The molecule has 0 spiro atoms. The summed E-state index contributed by atoms with van der Waals surface area (Å²) >= 11 is 0. The van der Waals surface area contributed by atoms with Crippen LogP contribution in [0.3, 0.4) is 0 Å². The Labute approximate surface area is 105 Å². The van der Waals surface area contributed by atoms with Gasteiger partial charge >= 0.3 is 5.97 Å². The van der Waals surface area contributed by atoms with Gasteiger partial charge in [-0.2, -0.15) is 0 Å². The fourth-order valence-corrected chi connectivity index (χ4v) is 2.07. The maximum Gasteiger partial charge on any atom is 0.371 e. The van der Waals surface area contributed by atoms with Crippen molar-refractivity contribution in [1.82, 2.24) is 5.32 Å². The number of carboxylic acid groups (broad SMARTS) is 1. The monoisotopic (exact) mass is 255 g/mol. The molecule has 2 heterocycles. The summed E-state index contributed by atoms with van der Waals surface area (Å²) in [4.78, 5) is 10.7. The Kier molecular flexibility index (Phi) is 3.70. The van der Waals surface area contributed by atoms with Gasteiger partial charge in [-0.25, -0.2) is 4.79 Å². The van der Waals surface area contributed by atoms with Gasteiger partial charge in [-0.05, 0) is 19.1 Å². The highest BCUT2D eigenvalue weighted by atomic mass is 16.5. The van der Waals surface area contributed by atoms with Gasteiger partial charge in [0, 0.05) is 19.0 Å². The second-order valence-corrected chi connectivity index (χ2v) is 4.67. The summed E-state index contributed by atoms with van der Waals surface area (Å²) in [5.74, 6) is -1.05. The molecule has 2 rings (SSSR count). The molecule has 0 saturated carbocycles.